The predicted octanol–water partition coefficient (Wildman–Crippen LogP) is 2.93. The molecule has 0 atom stereocenters. The molecule has 0 spiro atoms. The highest BCUT2D eigenvalue weighted by Gasteiger charge is 2.22. The van der Waals surface area contributed by atoms with Crippen LogP contribution in [0.3, 0.4) is 0 Å². The number of aromatic nitrogens is 1. The Balaban J connectivity index is 1.67. The Labute approximate surface area is 197 Å². The Bertz CT molecular complexity index is 1260. The van der Waals surface area contributed by atoms with Gasteiger partial charge in [-0.2, -0.15) is 0 Å². The second kappa shape index (κ2) is 10.2. The fourth-order valence-electron chi connectivity index (χ4n) is 4.12. The lowest BCUT2D eigenvalue weighted by molar-refractivity contribution is -0.130. The van der Waals surface area contributed by atoms with Crippen LogP contribution in [0.5, 0.6) is 5.75 Å². The number of pyridine rings is 1. The summed E-state index contributed by atoms with van der Waals surface area (Å²) < 4.78 is 11.3. The lowest BCUT2D eigenvalue weighted by Crippen LogP contribution is -2.38. The van der Waals surface area contributed by atoms with E-state index in [9.17, 15) is 9.59 Å². The molecule has 1 aliphatic heterocycles. The third-order valence-electron chi connectivity index (χ3n) is 5.78. The van der Waals surface area contributed by atoms with Crippen molar-refractivity contribution in [3.63, 3.8) is 0 Å². The van der Waals surface area contributed by atoms with E-state index < -0.39 is 0 Å². The Hall–Kier alpha value is -4.11. The molecule has 34 heavy (non-hydrogen) atoms. The monoisotopic (exact) mass is 461 g/mol. The molecule has 0 saturated carbocycles. The molecule has 0 unspecified atom stereocenters. The summed E-state index contributed by atoms with van der Waals surface area (Å²) in [6.07, 6.45) is 10.0. The van der Waals surface area contributed by atoms with Crippen LogP contribution >= 0.6 is 0 Å². The van der Waals surface area contributed by atoms with Crippen molar-refractivity contribution in [2.24, 2.45) is 11.6 Å². The van der Waals surface area contributed by atoms with E-state index >= 15 is 0 Å². The number of methoxy groups -OCH3 is 1. The number of nitrogens with two attached hydrogens (primary N) is 2. The van der Waals surface area contributed by atoms with Gasteiger partial charge >= 0.3 is 0 Å². The molecule has 0 saturated heterocycles. The zero-order valence-corrected chi connectivity index (χ0v) is 18.9. The summed E-state index contributed by atoms with van der Waals surface area (Å²) >= 11 is 0. The quantitative estimate of drug-likeness (QED) is 0.298. The smallest absolute Gasteiger partial charge is 0.224 e. The number of amides is 1. The molecule has 0 radical (unpaired) electrons. The largest absolute Gasteiger partial charge is 0.494 e. The summed E-state index contributed by atoms with van der Waals surface area (Å²) in [4.78, 5) is 30.2. The van der Waals surface area contributed by atoms with Gasteiger partial charge in [0.15, 0.2) is 12.0 Å². The topological polar surface area (TPSA) is 128 Å². The molecule has 176 valence electrons. The number of hydrazine groups is 1. The molecule has 0 bridgehead atoms. The predicted molar refractivity (Wildman–Crippen MR) is 129 cm³/mol. The first kappa shape index (κ1) is 23.1. The van der Waals surface area contributed by atoms with E-state index in [-0.39, 0.29) is 18.1 Å². The van der Waals surface area contributed by atoms with Gasteiger partial charge in [0.2, 0.25) is 5.91 Å². The van der Waals surface area contributed by atoms with Crippen LogP contribution in [-0.4, -0.2) is 53.8 Å². The molecule has 9 nitrogen and oxygen atoms in total. The van der Waals surface area contributed by atoms with Crippen LogP contribution in [-0.2, 0) is 4.79 Å². The van der Waals surface area contributed by atoms with Crippen LogP contribution < -0.4 is 16.3 Å². The first-order chi connectivity index (χ1) is 16.5. The molecule has 1 aromatic carbocycles. The first-order valence-corrected chi connectivity index (χ1v) is 10.9. The SMILES string of the molecule is COc1cnccc1-c1cc(C2=CCCN(C(=O)CCN(N)/C=C\N)C2)cc2cc(C=O)oc12. The van der Waals surface area contributed by atoms with E-state index in [1.54, 1.807) is 25.6 Å². The van der Waals surface area contributed by atoms with E-state index in [0.717, 1.165) is 34.1 Å². The standard InChI is InChI=1S/C25H27N5O4/c1-33-23-14-28-7-4-21(23)22-13-18(11-19-12-20(16-31)34-25(19)22)17-3-2-8-29(15-17)24(32)5-9-30(27)10-6-26/h3-4,6-7,10-14,16H,2,5,8-9,15,26-27H2,1H3/b10-6-. The molecule has 1 amide bonds. The summed E-state index contributed by atoms with van der Waals surface area (Å²) in [6, 6.07) is 7.55. The van der Waals surface area contributed by atoms with E-state index in [2.05, 4.69) is 11.1 Å². The van der Waals surface area contributed by atoms with Gasteiger partial charge in [0.1, 0.15) is 11.3 Å². The number of carbonyl (C=O) groups excluding carboxylic acids is 2. The first-order valence-electron chi connectivity index (χ1n) is 10.9. The second-order valence-corrected chi connectivity index (χ2v) is 7.95. The summed E-state index contributed by atoms with van der Waals surface area (Å²) in [7, 11) is 1.58. The van der Waals surface area contributed by atoms with Gasteiger partial charge in [-0.3, -0.25) is 14.6 Å². The highest BCUT2D eigenvalue weighted by Crippen LogP contribution is 2.38. The summed E-state index contributed by atoms with van der Waals surface area (Å²) in [5.74, 6) is 6.64. The van der Waals surface area contributed by atoms with Crippen LogP contribution in [0.2, 0.25) is 0 Å². The Morgan fingerprint density at radius 3 is 2.94 bits per heavy atom. The average Bonchev–Trinajstić information content (AvgIpc) is 3.30. The van der Waals surface area contributed by atoms with E-state index in [0.29, 0.717) is 37.3 Å². The molecular weight excluding hydrogens is 434 g/mol. The molecular formula is C25H27N5O4. The minimum absolute atomic E-state index is 0.0233. The summed E-state index contributed by atoms with van der Waals surface area (Å²) in [5, 5.41) is 2.19. The number of aldehydes is 1. The molecule has 0 aliphatic carbocycles. The highest BCUT2D eigenvalue weighted by molar-refractivity contribution is 5.99. The highest BCUT2D eigenvalue weighted by atomic mass is 16.5. The van der Waals surface area contributed by atoms with Crippen molar-refractivity contribution in [1.82, 2.24) is 14.9 Å². The number of carbonyl (C=O) groups is 2. The van der Waals surface area contributed by atoms with Crippen molar-refractivity contribution >= 4 is 28.7 Å². The van der Waals surface area contributed by atoms with Crippen LogP contribution in [0.4, 0.5) is 0 Å². The van der Waals surface area contributed by atoms with Crippen molar-refractivity contribution in [3.8, 4) is 16.9 Å². The molecule has 3 heterocycles. The lowest BCUT2D eigenvalue weighted by Gasteiger charge is -2.28. The lowest BCUT2D eigenvalue weighted by atomic mass is 9.94. The van der Waals surface area contributed by atoms with Gasteiger partial charge in [-0.1, -0.05) is 6.08 Å². The maximum atomic E-state index is 12.8. The molecule has 1 aliphatic rings. The van der Waals surface area contributed by atoms with Gasteiger partial charge in [-0.25, -0.2) is 5.84 Å². The molecule has 0 fully saturated rings. The number of ether oxygens (including phenoxy) is 1. The molecule has 4 N–H and O–H groups in total. The minimum Gasteiger partial charge on any atom is -0.494 e. The summed E-state index contributed by atoms with van der Waals surface area (Å²) in [6.45, 7) is 1.50. The molecule has 2 aromatic heterocycles. The number of hydrogen-bond acceptors (Lipinski definition) is 8. The minimum atomic E-state index is 0.0233. The van der Waals surface area contributed by atoms with Gasteiger partial charge in [0.05, 0.1) is 13.3 Å². The van der Waals surface area contributed by atoms with Crippen LogP contribution in [0.25, 0.3) is 27.7 Å². The number of hydrogen-bond donors (Lipinski definition) is 2. The van der Waals surface area contributed by atoms with Gasteiger partial charge < -0.3 is 24.8 Å². The number of nitrogens with zero attached hydrogens (tertiary/aromatic N) is 3. The van der Waals surface area contributed by atoms with Crippen molar-refractivity contribution in [2.45, 2.75) is 12.8 Å². The second-order valence-electron chi connectivity index (χ2n) is 7.95. The molecule has 4 rings (SSSR count). The number of fused-ring (bicyclic) bond motifs is 1. The number of rotatable bonds is 8. The third-order valence-corrected chi connectivity index (χ3v) is 5.78. The van der Waals surface area contributed by atoms with Crippen LogP contribution in [0.15, 0.2) is 59.6 Å². The van der Waals surface area contributed by atoms with Gasteiger partial charge in [-0.15, -0.1) is 0 Å². The maximum Gasteiger partial charge on any atom is 0.224 e. The molecule has 9 heteroatoms. The average molecular weight is 462 g/mol. The van der Waals surface area contributed by atoms with Crippen molar-refractivity contribution in [2.75, 3.05) is 26.7 Å². The normalized spacial score (nSPS) is 13.8. The van der Waals surface area contributed by atoms with Crippen LogP contribution in [0.1, 0.15) is 29.0 Å². The van der Waals surface area contributed by atoms with Crippen molar-refractivity contribution < 1.29 is 18.7 Å². The Kier molecular flexibility index (Phi) is 6.93. The van der Waals surface area contributed by atoms with Crippen molar-refractivity contribution in [3.05, 3.63) is 66.5 Å². The summed E-state index contributed by atoms with van der Waals surface area (Å²) in [5.41, 5.74) is 9.50. The number of benzene rings is 1. The fraction of sp³-hybridized carbons (Fsp3) is 0.240. The van der Waals surface area contributed by atoms with Crippen LogP contribution in [0, 0.1) is 0 Å². The zero-order chi connectivity index (χ0) is 24.1. The van der Waals surface area contributed by atoms with E-state index in [1.807, 2.05) is 23.1 Å². The van der Waals surface area contributed by atoms with Gasteiger partial charge in [0, 0.05) is 61.2 Å². The van der Waals surface area contributed by atoms with E-state index in [4.69, 9.17) is 20.7 Å². The fourth-order valence-corrected chi connectivity index (χ4v) is 4.12. The van der Waals surface area contributed by atoms with E-state index in [1.165, 1.54) is 17.4 Å². The Morgan fingerprint density at radius 2 is 2.18 bits per heavy atom. The molecule has 3 aromatic rings. The number of furan rings is 1. The zero-order valence-electron chi connectivity index (χ0n) is 18.9. The third kappa shape index (κ3) is 4.79. The Morgan fingerprint density at radius 1 is 1.32 bits per heavy atom. The van der Waals surface area contributed by atoms with Gasteiger partial charge in [0.25, 0.3) is 0 Å². The van der Waals surface area contributed by atoms with Crippen molar-refractivity contribution in [1.29, 1.82) is 0 Å². The van der Waals surface area contributed by atoms with Gasteiger partial charge in [-0.05, 0) is 41.8 Å². The maximum absolute atomic E-state index is 12.8.